The fourth-order valence-electron chi connectivity index (χ4n) is 3.35. The highest BCUT2D eigenvalue weighted by molar-refractivity contribution is 7.89. The van der Waals surface area contributed by atoms with Crippen molar-refractivity contribution >= 4 is 33.0 Å². The molecule has 0 aliphatic carbocycles. The van der Waals surface area contributed by atoms with E-state index in [4.69, 9.17) is 0 Å². The van der Waals surface area contributed by atoms with Crippen molar-refractivity contribution in [1.82, 2.24) is 24.2 Å². The van der Waals surface area contributed by atoms with E-state index in [-0.39, 0.29) is 22.2 Å². The maximum atomic E-state index is 12.6. The molecule has 0 radical (unpaired) electrons. The van der Waals surface area contributed by atoms with E-state index in [1.54, 1.807) is 26.0 Å². The van der Waals surface area contributed by atoms with Crippen molar-refractivity contribution in [1.29, 1.82) is 0 Å². The Hall–Kier alpha value is -2.87. The summed E-state index contributed by atoms with van der Waals surface area (Å²) in [5.74, 6) is 0.110. The second kappa shape index (κ2) is 10.2. The minimum absolute atomic E-state index is 0.0148. The molecular weight excluding hydrogens is 436 g/mol. The van der Waals surface area contributed by atoms with Crippen molar-refractivity contribution in [3.8, 4) is 0 Å². The second-order valence-corrected chi connectivity index (χ2v) is 9.26. The Balaban J connectivity index is 1.82. The number of likely N-dealkylation sites (N-methyl/N-ethyl adjacent to an activating group) is 1. The highest BCUT2D eigenvalue weighted by Gasteiger charge is 2.26. The molecule has 0 unspecified atom stereocenters. The molecule has 1 aromatic heterocycles. The molecule has 0 spiro atoms. The first kappa shape index (κ1) is 23.8. The molecule has 2 N–H and O–H groups in total. The number of hydrazine groups is 1. The standard InChI is InChI=1S/C19H28N8O4S/c1-4-26(5-2)32(30,31)16-8-6-15(7-9-16)22-18-17(27(28)29)19(21-14-20-18)23-25-12-10-24(3)11-13-25/h6-9,14H,4-5,10-13H2,1-3H3,(H2,20,21,22,23). The summed E-state index contributed by atoms with van der Waals surface area (Å²) < 4.78 is 26.6. The molecule has 0 bridgehead atoms. The normalized spacial score (nSPS) is 15.6. The van der Waals surface area contributed by atoms with Crippen molar-refractivity contribution < 1.29 is 13.3 Å². The molecule has 1 saturated heterocycles. The van der Waals surface area contributed by atoms with Gasteiger partial charge in [0.15, 0.2) is 0 Å². The third-order valence-corrected chi connectivity index (χ3v) is 7.30. The number of rotatable bonds is 9. The monoisotopic (exact) mass is 464 g/mol. The molecule has 174 valence electrons. The summed E-state index contributed by atoms with van der Waals surface area (Å²) in [6, 6.07) is 6.03. The number of aromatic nitrogens is 2. The van der Waals surface area contributed by atoms with Gasteiger partial charge in [-0.05, 0) is 31.3 Å². The first-order valence-corrected chi connectivity index (χ1v) is 11.8. The SMILES string of the molecule is CCN(CC)S(=O)(=O)c1ccc(Nc2ncnc(NN3CCN(C)CC3)c2[N+](=O)[O-])cc1. The average Bonchev–Trinajstić information content (AvgIpc) is 2.76. The summed E-state index contributed by atoms with van der Waals surface area (Å²) >= 11 is 0. The average molecular weight is 465 g/mol. The van der Waals surface area contributed by atoms with Gasteiger partial charge in [-0.25, -0.2) is 23.4 Å². The van der Waals surface area contributed by atoms with Crippen molar-refractivity contribution in [2.45, 2.75) is 18.7 Å². The van der Waals surface area contributed by atoms with Crippen LogP contribution in [0.4, 0.5) is 23.0 Å². The van der Waals surface area contributed by atoms with E-state index in [9.17, 15) is 18.5 Å². The Morgan fingerprint density at radius 1 is 1.06 bits per heavy atom. The Morgan fingerprint density at radius 3 is 2.22 bits per heavy atom. The Morgan fingerprint density at radius 2 is 1.66 bits per heavy atom. The van der Waals surface area contributed by atoms with E-state index in [0.717, 1.165) is 13.1 Å². The fraction of sp³-hybridized carbons (Fsp3) is 0.474. The van der Waals surface area contributed by atoms with Crippen molar-refractivity contribution in [2.75, 3.05) is 57.1 Å². The number of hydrogen-bond donors (Lipinski definition) is 2. The topological polar surface area (TPSA) is 137 Å². The predicted molar refractivity (Wildman–Crippen MR) is 121 cm³/mol. The molecule has 0 amide bonds. The van der Waals surface area contributed by atoms with Gasteiger partial charge < -0.3 is 10.2 Å². The quantitative estimate of drug-likeness (QED) is 0.417. The number of nitrogens with one attached hydrogen (secondary N) is 2. The van der Waals surface area contributed by atoms with Gasteiger partial charge in [0, 0.05) is 45.0 Å². The minimum atomic E-state index is -3.59. The van der Waals surface area contributed by atoms with Crippen molar-refractivity contribution in [2.24, 2.45) is 0 Å². The lowest BCUT2D eigenvalue weighted by atomic mass is 10.3. The molecule has 0 atom stereocenters. The molecule has 1 aromatic carbocycles. The predicted octanol–water partition coefficient (Wildman–Crippen LogP) is 1.73. The molecule has 0 saturated carbocycles. The maximum absolute atomic E-state index is 12.6. The highest BCUT2D eigenvalue weighted by Crippen LogP contribution is 2.32. The zero-order chi connectivity index (χ0) is 23.3. The van der Waals surface area contributed by atoms with Gasteiger partial charge in [0.2, 0.25) is 21.7 Å². The van der Waals surface area contributed by atoms with Gasteiger partial charge in [-0.2, -0.15) is 4.31 Å². The van der Waals surface area contributed by atoms with Crippen LogP contribution in [-0.4, -0.2) is 83.8 Å². The largest absolute Gasteiger partial charge is 0.354 e. The molecule has 13 heteroatoms. The van der Waals surface area contributed by atoms with Crippen molar-refractivity contribution in [3.63, 3.8) is 0 Å². The van der Waals surface area contributed by atoms with Gasteiger partial charge >= 0.3 is 5.69 Å². The summed E-state index contributed by atoms with van der Waals surface area (Å²) in [7, 11) is -1.57. The molecule has 1 aliphatic rings. The van der Waals surface area contributed by atoms with Crippen LogP contribution < -0.4 is 10.7 Å². The van der Waals surface area contributed by atoms with E-state index >= 15 is 0 Å². The van der Waals surface area contributed by atoms with Crippen LogP contribution in [0.1, 0.15) is 13.8 Å². The highest BCUT2D eigenvalue weighted by atomic mass is 32.2. The minimum Gasteiger partial charge on any atom is -0.334 e. The number of anilines is 3. The third-order valence-electron chi connectivity index (χ3n) is 5.23. The van der Waals surface area contributed by atoms with E-state index in [1.807, 2.05) is 12.1 Å². The lowest BCUT2D eigenvalue weighted by Gasteiger charge is -2.32. The molecule has 3 rings (SSSR count). The van der Waals surface area contributed by atoms with Gasteiger partial charge in [0.05, 0.1) is 9.82 Å². The lowest BCUT2D eigenvalue weighted by molar-refractivity contribution is -0.383. The maximum Gasteiger partial charge on any atom is 0.354 e. The lowest BCUT2D eigenvalue weighted by Crippen LogP contribution is -2.47. The van der Waals surface area contributed by atoms with E-state index in [0.29, 0.717) is 31.9 Å². The number of nitrogens with zero attached hydrogens (tertiary/aromatic N) is 6. The van der Waals surface area contributed by atoms with E-state index in [1.165, 1.54) is 22.8 Å². The van der Waals surface area contributed by atoms with Gasteiger partial charge in [0.1, 0.15) is 6.33 Å². The zero-order valence-electron chi connectivity index (χ0n) is 18.4. The number of sulfonamides is 1. The fourth-order valence-corrected chi connectivity index (χ4v) is 4.81. The molecule has 12 nitrogen and oxygen atoms in total. The molecule has 2 aromatic rings. The van der Waals surface area contributed by atoms with E-state index in [2.05, 4.69) is 25.6 Å². The van der Waals surface area contributed by atoms with Crippen LogP contribution in [0.5, 0.6) is 0 Å². The van der Waals surface area contributed by atoms with Crippen LogP contribution in [0.3, 0.4) is 0 Å². The van der Waals surface area contributed by atoms with E-state index < -0.39 is 14.9 Å². The summed E-state index contributed by atoms with van der Waals surface area (Å²) in [5, 5.41) is 16.6. The number of nitro groups is 1. The molecule has 32 heavy (non-hydrogen) atoms. The first-order valence-electron chi connectivity index (χ1n) is 10.3. The number of hydrogen-bond acceptors (Lipinski definition) is 10. The summed E-state index contributed by atoms with van der Waals surface area (Å²) in [6.45, 7) is 7.35. The number of piperazine rings is 1. The Bertz CT molecular complexity index is 1040. The molecule has 1 aliphatic heterocycles. The van der Waals surface area contributed by atoms with Crippen LogP contribution in [0.2, 0.25) is 0 Å². The summed E-state index contributed by atoms with van der Waals surface area (Å²) in [6.07, 6.45) is 1.24. The van der Waals surface area contributed by atoms with Gasteiger partial charge in [-0.1, -0.05) is 13.8 Å². The molecule has 2 heterocycles. The summed E-state index contributed by atoms with van der Waals surface area (Å²) in [4.78, 5) is 21.7. The van der Waals surface area contributed by atoms with Crippen LogP contribution >= 0.6 is 0 Å². The Kier molecular flexibility index (Phi) is 7.56. The van der Waals surface area contributed by atoms with Crippen molar-refractivity contribution in [3.05, 3.63) is 40.7 Å². The third kappa shape index (κ3) is 5.30. The summed E-state index contributed by atoms with van der Waals surface area (Å²) in [5.41, 5.74) is 3.20. The first-order chi connectivity index (χ1) is 15.3. The zero-order valence-corrected chi connectivity index (χ0v) is 19.2. The Labute approximate surface area is 187 Å². The van der Waals surface area contributed by atoms with Crippen LogP contribution in [0, 0.1) is 10.1 Å². The number of benzene rings is 1. The smallest absolute Gasteiger partial charge is 0.334 e. The van der Waals surface area contributed by atoms with Gasteiger partial charge in [0.25, 0.3) is 0 Å². The van der Waals surface area contributed by atoms with Crippen LogP contribution in [0.15, 0.2) is 35.5 Å². The van der Waals surface area contributed by atoms with Crippen LogP contribution in [0.25, 0.3) is 0 Å². The van der Waals surface area contributed by atoms with Gasteiger partial charge in [-0.3, -0.25) is 15.5 Å². The second-order valence-electron chi connectivity index (χ2n) is 7.32. The molecule has 1 fully saturated rings. The molecular formula is C19H28N8O4S. The van der Waals surface area contributed by atoms with Crippen LogP contribution in [-0.2, 0) is 10.0 Å². The van der Waals surface area contributed by atoms with Gasteiger partial charge in [-0.15, -0.1) is 0 Å².